The molecule has 0 saturated heterocycles. The minimum absolute atomic E-state index is 0.0246. The average molecular weight is 267 g/mol. The minimum atomic E-state index is -2.54. The average Bonchev–Trinajstić information content (AvgIpc) is 2.21. The quantitative estimate of drug-likeness (QED) is 0.619. The van der Waals surface area contributed by atoms with Crippen molar-refractivity contribution in [2.45, 2.75) is 45.1 Å². The summed E-state index contributed by atoms with van der Waals surface area (Å²) >= 11 is 0. The molecule has 0 aliphatic heterocycles. The summed E-state index contributed by atoms with van der Waals surface area (Å²) in [7, 11) is 0. The van der Waals surface area contributed by atoms with Crippen molar-refractivity contribution in [3.05, 3.63) is 0 Å². The van der Waals surface area contributed by atoms with E-state index >= 15 is 0 Å². The molecular weight excluding hydrogens is 248 g/mol. The van der Waals surface area contributed by atoms with Crippen molar-refractivity contribution < 1.29 is 28.2 Å². The van der Waals surface area contributed by atoms with Crippen LogP contribution in [0.25, 0.3) is 0 Å². The number of nitrogens with one attached hydrogen (secondary N) is 1. The maximum absolute atomic E-state index is 11.7. The largest absolute Gasteiger partial charge is 0.481 e. The second kappa shape index (κ2) is 7.97. The van der Waals surface area contributed by atoms with Gasteiger partial charge in [-0.2, -0.15) is 0 Å². The Morgan fingerprint density at radius 2 is 1.94 bits per heavy atom. The Morgan fingerprint density at radius 3 is 2.44 bits per heavy atom. The lowest BCUT2D eigenvalue weighted by Gasteiger charge is -2.25. The minimum Gasteiger partial charge on any atom is -0.481 e. The molecule has 0 atom stereocenters. The number of aliphatic carboxylic acids is 1. The molecule has 0 aromatic rings. The third-order valence-electron chi connectivity index (χ3n) is 2.16. The zero-order valence-electron chi connectivity index (χ0n) is 10.5. The van der Waals surface area contributed by atoms with E-state index in [1.807, 2.05) is 0 Å². The van der Waals surface area contributed by atoms with Crippen LogP contribution in [0.2, 0.25) is 0 Å². The van der Waals surface area contributed by atoms with Gasteiger partial charge in [0.1, 0.15) is 6.61 Å². The molecule has 0 aromatic carbocycles. The molecule has 0 spiro atoms. The van der Waals surface area contributed by atoms with Crippen molar-refractivity contribution in [1.29, 1.82) is 0 Å². The second-order valence-corrected chi connectivity index (χ2v) is 4.54. The van der Waals surface area contributed by atoms with Gasteiger partial charge in [-0.05, 0) is 20.3 Å². The van der Waals surface area contributed by atoms with Crippen LogP contribution in [0.1, 0.15) is 33.1 Å². The highest BCUT2D eigenvalue weighted by Gasteiger charge is 2.21. The van der Waals surface area contributed by atoms with Crippen LogP contribution >= 0.6 is 0 Å². The summed E-state index contributed by atoms with van der Waals surface area (Å²) < 4.78 is 28.0. The van der Waals surface area contributed by atoms with E-state index in [0.717, 1.165) is 0 Å². The number of carbonyl (C=O) groups excluding carboxylic acids is 1. The van der Waals surface area contributed by atoms with E-state index in [4.69, 9.17) is 5.11 Å². The van der Waals surface area contributed by atoms with Gasteiger partial charge in [-0.15, -0.1) is 0 Å². The molecule has 0 unspecified atom stereocenters. The van der Waals surface area contributed by atoms with E-state index in [1.54, 1.807) is 13.8 Å². The van der Waals surface area contributed by atoms with Crippen LogP contribution in [-0.4, -0.2) is 42.2 Å². The molecule has 18 heavy (non-hydrogen) atoms. The van der Waals surface area contributed by atoms with Gasteiger partial charge in [0.25, 0.3) is 6.43 Å². The number of carboxylic acid groups (broad SMARTS) is 1. The summed E-state index contributed by atoms with van der Waals surface area (Å²) in [5.41, 5.74) is -0.641. The summed E-state index contributed by atoms with van der Waals surface area (Å²) in [5.74, 6) is -1.28. The molecule has 2 N–H and O–H groups in total. The highest BCUT2D eigenvalue weighted by atomic mass is 19.3. The maximum atomic E-state index is 11.7. The topological polar surface area (TPSA) is 75.6 Å². The number of alkyl halides is 2. The summed E-state index contributed by atoms with van der Waals surface area (Å²) in [4.78, 5) is 21.8. The summed E-state index contributed by atoms with van der Waals surface area (Å²) in [6, 6.07) is 0. The first-order valence-electron chi connectivity index (χ1n) is 5.61. The predicted octanol–water partition coefficient (Wildman–Crippen LogP) is 1.42. The van der Waals surface area contributed by atoms with Gasteiger partial charge in [-0.25, -0.2) is 8.78 Å². The Kier molecular flexibility index (Phi) is 7.42. The normalized spacial score (nSPS) is 11.6. The monoisotopic (exact) mass is 267 g/mol. The fourth-order valence-corrected chi connectivity index (χ4v) is 1.26. The molecule has 0 aliphatic carbocycles. The third-order valence-corrected chi connectivity index (χ3v) is 2.16. The molecule has 0 saturated carbocycles. The SMILES string of the molecule is CC(C)(CCC(=O)O)NC(=O)CCOCC(F)F. The van der Waals surface area contributed by atoms with Crippen molar-refractivity contribution in [3.63, 3.8) is 0 Å². The number of amides is 1. The van der Waals surface area contributed by atoms with E-state index in [1.165, 1.54) is 0 Å². The maximum Gasteiger partial charge on any atom is 0.303 e. The number of hydrogen-bond donors (Lipinski definition) is 2. The number of carboxylic acids is 1. The van der Waals surface area contributed by atoms with Gasteiger partial charge in [0.15, 0.2) is 0 Å². The Balaban J connectivity index is 3.81. The number of hydrogen-bond acceptors (Lipinski definition) is 3. The second-order valence-electron chi connectivity index (χ2n) is 4.54. The van der Waals surface area contributed by atoms with E-state index in [2.05, 4.69) is 10.1 Å². The number of ether oxygens (including phenoxy) is 1. The first-order valence-corrected chi connectivity index (χ1v) is 5.61. The smallest absolute Gasteiger partial charge is 0.303 e. The molecule has 0 heterocycles. The molecule has 1 amide bonds. The van der Waals surface area contributed by atoms with Crippen LogP contribution in [0.5, 0.6) is 0 Å². The van der Waals surface area contributed by atoms with Crippen LogP contribution in [0.3, 0.4) is 0 Å². The molecule has 0 rings (SSSR count). The van der Waals surface area contributed by atoms with Crippen molar-refractivity contribution in [2.75, 3.05) is 13.2 Å². The van der Waals surface area contributed by atoms with E-state index < -0.39 is 24.5 Å². The van der Waals surface area contributed by atoms with Crippen LogP contribution in [0.4, 0.5) is 8.78 Å². The van der Waals surface area contributed by atoms with E-state index in [-0.39, 0.29) is 25.4 Å². The lowest BCUT2D eigenvalue weighted by molar-refractivity contribution is -0.138. The fourth-order valence-electron chi connectivity index (χ4n) is 1.26. The van der Waals surface area contributed by atoms with Crippen LogP contribution in [0.15, 0.2) is 0 Å². The predicted molar refractivity (Wildman–Crippen MR) is 60.5 cm³/mol. The fraction of sp³-hybridized carbons (Fsp3) is 0.818. The van der Waals surface area contributed by atoms with Gasteiger partial charge in [0.05, 0.1) is 6.61 Å². The van der Waals surface area contributed by atoms with Gasteiger partial charge >= 0.3 is 5.97 Å². The molecule has 106 valence electrons. The Morgan fingerprint density at radius 1 is 1.33 bits per heavy atom. The van der Waals surface area contributed by atoms with E-state index in [9.17, 15) is 18.4 Å². The molecule has 5 nitrogen and oxygen atoms in total. The van der Waals surface area contributed by atoms with Gasteiger partial charge in [-0.3, -0.25) is 9.59 Å². The van der Waals surface area contributed by atoms with Gasteiger partial charge < -0.3 is 15.2 Å². The number of rotatable bonds is 9. The lowest BCUT2D eigenvalue weighted by atomic mass is 9.98. The molecule has 0 aliphatic rings. The van der Waals surface area contributed by atoms with Gasteiger partial charge in [0, 0.05) is 18.4 Å². The van der Waals surface area contributed by atoms with Crippen molar-refractivity contribution in [2.24, 2.45) is 0 Å². The van der Waals surface area contributed by atoms with Crippen LogP contribution in [-0.2, 0) is 14.3 Å². The highest BCUT2D eigenvalue weighted by Crippen LogP contribution is 2.11. The first kappa shape index (κ1) is 16.8. The first-order chi connectivity index (χ1) is 8.23. The highest BCUT2D eigenvalue weighted by molar-refractivity contribution is 5.77. The Hall–Kier alpha value is -1.24. The van der Waals surface area contributed by atoms with E-state index in [0.29, 0.717) is 6.42 Å². The molecule has 7 heteroatoms. The molecule has 0 radical (unpaired) electrons. The van der Waals surface area contributed by atoms with Gasteiger partial charge in [-0.1, -0.05) is 0 Å². The van der Waals surface area contributed by atoms with Crippen LogP contribution < -0.4 is 5.32 Å². The van der Waals surface area contributed by atoms with Gasteiger partial charge in [0.2, 0.25) is 5.91 Å². The molecular formula is C11H19F2NO4. The number of carbonyl (C=O) groups is 2. The van der Waals surface area contributed by atoms with Crippen LogP contribution in [0, 0.1) is 0 Å². The molecule has 0 aromatic heterocycles. The molecule has 0 fully saturated rings. The Bertz CT molecular complexity index is 282. The summed E-state index contributed by atoms with van der Waals surface area (Å²) in [6.45, 7) is 2.64. The van der Waals surface area contributed by atoms with Crippen molar-refractivity contribution in [3.8, 4) is 0 Å². The standard InChI is InChI=1S/C11H19F2NO4/c1-11(2,5-3-10(16)17)14-9(15)4-6-18-7-8(12)13/h8H,3-7H2,1-2H3,(H,14,15)(H,16,17). The Labute approximate surface area is 105 Å². The third kappa shape index (κ3) is 9.95. The molecule has 0 bridgehead atoms. The zero-order chi connectivity index (χ0) is 14.2. The van der Waals surface area contributed by atoms with Crippen molar-refractivity contribution >= 4 is 11.9 Å². The zero-order valence-corrected chi connectivity index (χ0v) is 10.5. The summed E-state index contributed by atoms with van der Waals surface area (Å²) in [5, 5.41) is 11.2. The summed E-state index contributed by atoms with van der Waals surface area (Å²) in [6.07, 6.45) is -2.32. The van der Waals surface area contributed by atoms with Crippen molar-refractivity contribution in [1.82, 2.24) is 5.32 Å². The lowest BCUT2D eigenvalue weighted by Crippen LogP contribution is -2.44. The number of halogens is 2.